The molecule has 1 rings (SSSR count). The van der Waals surface area contributed by atoms with Crippen molar-refractivity contribution in [1.82, 2.24) is 9.66 Å². The Balaban J connectivity index is 3.41. The van der Waals surface area contributed by atoms with E-state index in [4.69, 9.17) is 11.6 Å². The van der Waals surface area contributed by atoms with Crippen LogP contribution in [0.2, 0.25) is 0 Å². The van der Waals surface area contributed by atoms with Crippen molar-refractivity contribution >= 4 is 17.7 Å². The Morgan fingerprint density at radius 2 is 2.40 bits per heavy atom. The molecule has 0 atom stereocenters. The summed E-state index contributed by atoms with van der Waals surface area (Å²) in [4.78, 5) is 25.7. The topological polar surface area (TPSA) is 64.3 Å². The van der Waals surface area contributed by atoms with Crippen molar-refractivity contribution in [3.63, 3.8) is 0 Å². The summed E-state index contributed by atoms with van der Waals surface area (Å²) in [5.74, 6) is 0.224. The smallest absolute Gasteiger partial charge is 0.266 e. The lowest BCUT2D eigenvalue weighted by Gasteiger charge is -1.99. The first-order valence-corrected chi connectivity index (χ1v) is 4.40. The van der Waals surface area contributed by atoms with Gasteiger partial charge in [-0.05, 0) is 13.0 Å². The fraction of sp³-hybridized carbons (Fsp3) is 0.111. The van der Waals surface area contributed by atoms with Crippen LogP contribution in [0.15, 0.2) is 34.0 Å². The van der Waals surface area contributed by atoms with Crippen LogP contribution in [0.4, 0.5) is 0 Å². The molecule has 15 heavy (non-hydrogen) atoms. The number of aryl methyl sites for hydroxylation is 1. The van der Waals surface area contributed by atoms with Crippen LogP contribution >= 0.6 is 11.6 Å². The molecule has 0 aliphatic carbocycles. The SMILES string of the molecule is C=C/C(Cl)=C\c1cnc(C)n(N=O)c1=O. The molecular weight excluding hydrogens is 218 g/mol. The van der Waals surface area contributed by atoms with Crippen molar-refractivity contribution in [2.24, 2.45) is 5.29 Å². The van der Waals surface area contributed by atoms with E-state index in [2.05, 4.69) is 16.8 Å². The van der Waals surface area contributed by atoms with Gasteiger partial charge in [-0.1, -0.05) is 24.3 Å². The van der Waals surface area contributed by atoms with Gasteiger partial charge in [-0.3, -0.25) is 4.79 Å². The molecule has 0 radical (unpaired) electrons. The predicted molar refractivity (Wildman–Crippen MR) is 58.5 cm³/mol. The average Bonchev–Trinajstić information content (AvgIpc) is 2.23. The summed E-state index contributed by atoms with van der Waals surface area (Å²) in [6.07, 6.45) is 4.07. The van der Waals surface area contributed by atoms with Crippen LogP contribution < -0.4 is 5.56 Å². The van der Waals surface area contributed by atoms with Crippen molar-refractivity contribution in [1.29, 1.82) is 0 Å². The third kappa shape index (κ3) is 2.38. The van der Waals surface area contributed by atoms with Crippen LogP contribution in [0.25, 0.3) is 6.08 Å². The summed E-state index contributed by atoms with van der Waals surface area (Å²) in [7, 11) is 0. The molecule has 5 nitrogen and oxygen atoms in total. The summed E-state index contributed by atoms with van der Waals surface area (Å²) in [6.45, 7) is 4.94. The largest absolute Gasteiger partial charge is 0.284 e. The minimum atomic E-state index is -0.558. The van der Waals surface area contributed by atoms with Crippen LogP contribution in [0.1, 0.15) is 11.4 Å². The van der Waals surface area contributed by atoms with E-state index in [0.29, 0.717) is 4.68 Å². The van der Waals surface area contributed by atoms with Crippen molar-refractivity contribution in [3.05, 3.63) is 50.5 Å². The molecule has 0 N–H and O–H groups in total. The summed E-state index contributed by atoms with van der Waals surface area (Å²) in [5.41, 5.74) is -0.373. The maximum Gasteiger partial charge on any atom is 0.284 e. The molecule has 0 spiro atoms. The standard InChI is InChI=1S/C9H8ClN3O2/c1-3-8(10)4-7-5-11-6(2)13(12-15)9(7)14/h3-5H,1H2,2H3/b8-4+. The number of allylic oxidation sites excluding steroid dienone is 2. The van der Waals surface area contributed by atoms with Gasteiger partial charge in [0.1, 0.15) is 5.82 Å². The molecule has 0 fully saturated rings. The van der Waals surface area contributed by atoms with Gasteiger partial charge in [0.05, 0.1) is 10.8 Å². The van der Waals surface area contributed by atoms with Gasteiger partial charge in [0.2, 0.25) is 0 Å². The van der Waals surface area contributed by atoms with Gasteiger partial charge in [0.25, 0.3) is 5.56 Å². The van der Waals surface area contributed by atoms with Crippen LogP contribution in [0.5, 0.6) is 0 Å². The van der Waals surface area contributed by atoms with Crippen molar-refractivity contribution in [3.8, 4) is 0 Å². The highest BCUT2D eigenvalue weighted by Gasteiger charge is 2.05. The summed E-state index contributed by atoms with van der Waals surface area (Å²) in [5, 5.41) is 2.84. The predicted octanol–water partition coefficient (Wildman–Crippen LogP) is 1.85. The van der Waals surface area contributed by atoms with Gasteiger partial charge in [-0.25, -0.2) is 4.98 Å². The fourth-order valence-electron chi connectivity index (χ4n) is 0.945. The second-order valence-corrected chi connectivity index (χ2v) is 3.13. The lowest BCUT2D eigenvalue weighted by Crippen LogP contribution is -2.21. The summed E-state index contributed by atoms with van der Waals surface area (Å²) < 4.78 is 0.666. The van der Waals surface area contributed by atoms with Gasteiger partial charge < -0.3 is 0 Å². The van der Waals surface area contributed by atoms with Gasteiger partial charge in [0.15, 0.2) is 0 Å². The van der Waals surface area contributed by atoms with Crippen molar-refractivity contribution < 1.29 is 0 Å². The molecule has 0 aliphatic rings. The van der Waals surface area contributed by atoms with E-state index >= 15 is 0 Å². The highest BCUT2D eigenvalue weighted by molar-refractivity contribution is 6.33. The maximum absolute atomic E-state index is 11.6. The Bertz CT molecular complexity index is 491. The fourth-order valence-corrected chi connectivity index (χ4v) is 1.06. The van der Waals surface area contributed by atoms with E-state index in [1.165, 1.54) is 25.3 Å². The average molecular weight is 226 g/mol. The number of aromatic nitrogens is 2. The molecule has 6 heteroatoms. The molecule has 0 bridgehead atoms. The Morgan fingerprint density at radius 3 is 2.93 bits per heavy atom. The quantitative estimate of drug-likeness (QED) is 0.583. The Hall–Kier alpha value is -1.75. The lowest BCUT2D eigenvalue weighted by atomic mass is 10.3. The summed E-state index contributed by atoms with van der Waals surface area (Å²) >= 11 is 5.67. The van der Waals surface area contributed by atoms with E-state index < -0.39 is 5.56 Å². The zero-order chi connectivity index (χ0) is 11.4. The van der Waals surface area contributed by atoms with Gasteiger partial charge in [0, 0.05) is 11.2 Å². The van der Waals surface area contributed by atoms with Gasteiger partial charge >= 0.3 is 0 Å². The molecule has 0 aliphatic heterocycles. The molecule has 0 saturated heterocycles. The minimum Gasteiger partial charge on any atom is -0.266 e. The van der Waals surface area contributed by atoms with E-state index in [0.717, 1.165) is 0 Å². The molecule has 1 aromatic heterocycles. The number of rotatable bonds is 3. The second kappa shape index (κ2) is 4.65. The normalized spacial score (nSPS) is 11.2. The van der Waals surface area contributed by atoms with Gasteiger partial charge in [-0.2, -0.15) is 0 Å². The Kier molecular flexibility index (Phi) is 3.51. The second-order valence-electron chi connectivity index (χ2n) is 2.69. The molecular formula is C9H8ClN3O2. The van der Waals surface area contributed by atoms with Crippen LogP contribution in [-0.2, 0) is 0 Å². The van der Waals surface area contributed by atoms with Crippen LogP contribution in [-0.4, -0.2) is 9.66 Å². The first-order valence-electron chi connectivity index (χ1n) is 4.02. The van der Waals surface area contributed by atoms with Crippen LogP contribution in [0.3, 0.4) is 0 Å². The van der Waals surface area contributed by atoms with E-state index in [9.17, 15) is 9.70 Å². The van der Waals surface area contributed by atoms with Gasteiger partial charge in [-0.15, -0.1) is 9.58 Å². The number of nitroso groups, excluding NO2 is 1. The molecule has 0 unspecified atom stereocenters. The van der Waals surface area contributed by atoms with E-state index in [1.54, 1.807) is 0 Å². The zero-order valence-corrected chi connectivity index (χ0v) is 8.73. The zero-order valence-electron chi connectivity index (χ0n) is 7.98. The molecule has 1 heterocycles. The van der Waals surface area contributed by atoms with E-state index in [1.807, 2.05) is 0 Å². The number of hydrogen-bond donors (Lipinski definition) is 0. The highest BCUT2D eigenvalue weighted by Crippen LogP contribution is 2.07. The lowest BCUT2D eigenvalue weighted by molar-refractivity contribution is 0.741. The number of halogens is 1. The Labute approximate surface area is 90.7 Å². The monoisotopic (exact) mass is 225 g/mol. The number of hydrogen-bond acceptors (Lipinski definition) is 4. The third-order valence-corrected chi connectivity index (χ3v) is 1.97. The van der Waals surface area contributed by atoms with E-state index in [-0.39, 0.29) is 16.4 Å². The first kappa shape index (κ1) is 11.3. The Morgan fingerprint density at radius 1 is 1.73 bits per heavy atom. The molecule has 1 aromatic rings. The summed E-state index contributed by atoms with van der Waals surface area (Å²) in [6, 6.07) is 0. The molecule has 0 saturated carbocycles. The molecule has 0 aromatic carbocycles. The first-order chi connectivity index (χ1) is 7.10. The maximum atomic E-state index is 11.6. The van der Waals surface area contributed by atoms with Crippen molar-refractivity contribution in [2.45, 2.75) is 6.92 Å². The van der Waals surface area contributed by atoms with Crippen molar-refractivity contribution in [2.75, 3.05) is 0 Å². The molecule has 0 amide bonds. The highest BCUT2D eigenvalue weighted by atomic mass is 35.5. The van der Waals surface area contributed by atoms with Crippen LogP contribution in [0, 0.1) is 11.8 Å². The third-order valence-electron chi connectivity index (χ3n) is 1.71. The number of nitrogens with zero attached hydrogens (tertiary/aromatic N) is 3. The molecule has 78 valence electrons. The minimum absolute atomic E-state index is 0.185.